The van der Waals surface area contributed by atoms with Gasteiger partial charge in [-0.3, -0.25) is 4.79 Å². The molecule has 0 bridgehead atoms. The summed E-state index contributed by atoms with van der Waals surface area (Å²) in [5.41, 5.74) is 1.67. The smallest absolute Gasteiger partial charge is 0.326 e. The molecule has 0 aliphatic heterocycles. The van der Waals surface area contributed by atoms with Crippen LogP contribution < -0.4 is 5.32 Å². The summed E-state index contributed by atoms with van der Waals surface area (Å²) >= 11 is 0. The molecule has 116 valence electrons. The van der Waals surface area contributed by atoms with Gasteiger partial charge in [-0.1, -0.05) is 18.1 Å². The molecule has 3 N–H and O–H groups in total. The molecule has 0 radical (unpaired) electrons. The van der Waals surface area contributed by atoms with E-state index in [1.165, 1.54) is 12.1 Å². The number of carbonyl (C=O) groups excluding carboxylic acids is 1. The Morgan fingerprint density at radius 2 is 1.70 bits per heavy atom. The molecule has 0 heterocycles. The minimum Gasteiger partial charge on any atom is -0.508 e. The molecule has 0 aliphatic carbocycles. The van der Waals surface area contributed by atoms with Crippen molar-refractivity contribution in [2.75, 3.05) is 0 Å². The molecule has 1 amide bonds. The Hall–Kier alpha value is -3.26. The SMILES string of the molecule is C#Cc1ccc(C(=O)NC(Cc2ccc(O)cc2)C(=O)O)cc1. The lowest BCUT2D eigenvalue weighted by Gasteiger charge is -2.15. The first-order valence-electron chi connectivity index (χ1n) is 6.88. The van der Waals surface area contributed by atoms with Gasteiger partial charge in [-0.2, -0.15) is 0 Å². The van der Waals surface area contributed by atoms with Gasteiger partial charge in [0.2, 0.25) is 0 Å². The summed E-state index contributed by atoms with van der Waals surface area (Å²) < 4.78 is 0. The zero-order valence-electron chi connectivity index (χ0n) is 12.2. The Balaban J connectivity index is 2.09. The molecule has 2 aromatic carbocycles. The number of terminal acetylenes is 1. The van der Waals surface area contributed by atoms with Crippen LogP contribution in [0.2, 0.25) is 0 Å². The average Bonchev–Trinajstić information content (AvgIpc) is 2.56. The summed E-state index contributed by atoms with van der Waals surface area (Å²) in [7, 11) is 0. The number of rotatable bonds is 5. The molecule has 0 aliphatic rings. The number of phenolic OH excluding ortho intramolecular Hbond substituents is 1. The van der Waals surface area contributed by atoms with Crippen LogP contribution in [-0.2, 0) is 11.2 Å². The molecule has 0 aromatic heterocycles. The fourth-order valence-corrected chi connectivity index (χ4v) is 2.03. The van der Waals surface area contributed by atoms with Crippen molar-refractivity contribution in [1.82, 2.24) is 5.32 Å². The van der Waals surface area contributed by atoms with Crippen molar-refractivity contribution in [3.63, 3.8) is 0 Å². The third-order valence-corrected chi connectivity index (χ3v) is 3.29. The van der Waals surface area contributed by atoms with Gasteiger partial charge in [0.05, 0.1) is 0 Å². The second kappa shape index (κ2) is 7.14. The second-order valence-corrected chi connectivity index (χ2v) is 4.96. The number of carboxylic acids is 1. The zero-order valence-corrected chi connectivity index (χ0v) is 12.2. The highest BCUT2D eigenvalue weighted by Crippen LogP contribution is 2.12. The molecule has 2 aromatic rings. The van der Waals surface area contributed by atoms with E-state index < -0.39 is 17.9 Å². The van der Waals surface area contributed by atoms with Crippen molar-refractivity contribution in [3.8, 4) is 18.1 Å². The van der Waals surface area contributed by atoms with Crippen LogP contribution in [0.25, 0.3) is 0 Å². The molecule has 0 spiro atoms. The van der Waals surface area contributed by atoms with E-state index in [-0.39, 0.29) is 12.2 Å². The molecule has 0 fully saturated rings. The van der Waals surface area contributed by atoms with Gasteiger partial charge >= 0.3 is 5.97 Å². The molecular formula is C18H15NO4. The molecular weight excluding hydrogens is 294 g/mol. The van der Waals surface area contributed by atoms with Gasteiger partial charge in [0.25, 0.3) is 5.91 Å². The van der Waals surface area contributed by atoms with Gasteiger partial charge in [-0.25, -0.2) is 4.79 Å². The average molecular weight is 309 g/mol. The molecule has 5 nitrogen and oxygen atoms in total. The largest absolute Gasteiger partial charge is 0.508 e. The van der Waals surface area contributed by atoms with Crippen LogP contribution in [0.5, 0.6) is 5.75 Å². The fourth-order valence-electron chi connectivity index (χ4n) is 2.03. The number of aromatic hydroxyl groups is 1. The Kier molecular flexibility index (Phi) is 5.00. The molecule has 0 saturated heterocycles. The summed E-state index contributed by atoms with van der Waals surface area (Å²) in [6.07, 6.45) is 5.36. The van der Waals surface area contributed by atoms with E-state index in [0.29, 0.717) is 16.7 Å². The Morgan fingerprint density at radius 3 is 2.22 bits per heavy atom. The van der Waals surface area contributed by atoms with Crippen molar-refractivity contribution in [2.24, 2.45) is 0 Å². The summed E-state index contributed by atoms with van der Waals surface area (Å²) in [5.74, 6) is 0.920. The number of phenols is 1. The van der Waals surface area contributed by atoms with E-state index in [9.17, 15) is 19.8 Å². The third-order valence-electron chi connectivity index (χ3n) is 3.29. The summed E-state index contributed by atoms with van der Waals surface area (Å²) in [6.45, 7) is 0. The van der Waals surface area contributed by atoms with E-state index in [1.54, 1.807) is 36.4 Å². The first-order valence-corrected chi connectivity index (χ1v) is 6.88. The van der Waals surface area contributed by atoms with E-state index in [1.807, 2.05) is 0 Å². The van der Waals surface area contributed by atoms with E-state index in [4.69, 9.17) is 6.42 Å². The summed E-state index contributed by atoms with van der Waals surface area (Å²) in [6, 6.07) is 11.4. The van der Waals surface area contributed by atoms with Crippen molar-refractivity contribution in [2.45, 2.75) is 12.5 Å². The highest BCUT2D eigenvalue weighted by Gasteiger charge is 2.21. The van der Waals surface area contributed by atoms with Gasteiger partial charge in [0, 0.05) is 17.5 Å². The third kappa shape index (κ3) is 4.35. The topological polar surface area (TPSA) is 86.6 Å². The van der Waals surface area contributed by atoms with Crippen LogP contribution in [0.4, 0.5) is 0 Å². The molecule has 23 heavy (non-hydrogen) atoms. The monoisotopic (exact) mass is 309 g/mol. The highest BCUT2D eigenvalue weighted by atomic mass is 16.4. The minimum absolute atomic E-state index is 0.0956. The maximum absolute atomic E-state index is 12.1. The fraction of sp³-hybridized carbons (Fsp3) is 0.111. The molecule has 0 saturated carbocycles. The highest BCUT2D eigenvalue weighted by molar-refractivity contribution is 5.96. The lowest BCUT2D eigenvalue weighted by Crippen LogP contribution is -2.42. The predicted octanol–water partition coefficient (Wildman–Crippen LogP) is 1.80. The quantitative estimate of drug-likeness (QED) is 0.735. The van der Waals surface area contributed by atoms with Crippen LogP contribution >= 0.6 is 0 Å². The number of hydrogen-bond donors (Lipinski definition) is 3. The van der Waals surface area contributed by atoms with E-state index in [0.717, 1.165) is 0 Å². The maximum Gasteiger partial charge on any atom is 0.326 e. The lowest BCUT2D eigenvalue weighted by atomic mass is 10.0. The van der Waals surface area contributed by atoms with Gasteiger partial charge in [-0.15, -0.1) is 6.42 Å². The Morgan fingerprint density at radius 1 is 1.09 bits per heavy atom. The number of hydrogen-bond acceptors (Lipinski definition) is 3. The van der Waals surface area contributed by atoms with Crippen molar-refractivity contribution < 1.29 is 19.8 Å². The lowest BCUT2D eigenvalue weighted by molar-refractivity contribution is -0.139. The molecule has 1 unspecified atom stereocenters. The van der Waals surface area contributed by atoms with Gasteiger partial charge in [0.15, 0.2) is 0 Å². The molecule has 5 heteroatoms. The summed E-state index contributed by atoms with van der Waals surface area (Å²) in [5, 5.41) is 21.0. The van der Waals surface area contributed by atoms with Gasteiger partial charge in [-0.05, 0) is 42.0 Å². The number of aliphatic carboxylic acids is 1. The van der Waals surface area contributed by atoms with Crippen LogP contribution in [0.3, 0.4) is 0 Å². The number of benzene rings is 2. The van der Waals surface area contributed by atoms with Crippen molar-refractivity contribution in [3.05, 3.63) is 65.2 Å². The standard InChI is InChI=1S/C18H15NO4/c1-2-12-3-7-14(8-4-12)17(21)19-16(18(22)23)11-13-5-9-15(20)10-6-13/h1,3-10,16,20H,11H2,(H,19,21)(H,22,23). The minimum atomic E-state index is -1.13. The maximum atomic E-state index is 12.1. The van der Waals surface area contributed by atoms with Crippen LogP contribution in [-0.4, -0.2) is 28.1 Å². The van der Waals surface area contributed by atoms with Gasteiger partial charge in [0.1, 0.15) is 11.8 Å². The van der Waals surface area contributed by atoms with Crippen LogP contribution in [0.15, 0.2) is 48.5 Å². The first-order chi connectivity index (χ1) is 11.0. The van der Waals surface area contributed by atoms with Crippen LogP contribution in [0.1, 0.15) is 21.5 Å². The van der Waals surface area contributed by atoms with E-state index >= 15 is 0 Å². The van der Waals surface area contributed by atoms with E-state index in [2.05, 4.69) is 11.2 Å². The zero-order chi connectivity index (χ0) is 16.8. The predicted molar refractivity (Wildman–Crippen MR) is 85.1 cm³/mol. The van der Waals surface area contributed by atoms with Crippen molar-refractivity contribution >= 4 is 11.9 Å². The number of carbonyl (C=O) groups is 2. The molecule has 1 atom stereocenters. The number of nitrogens with one attached hydrogen (secondary N) is 1. The number of amides is 1. The second-order valence-electron chi connectivity index (χ2n) is 4.96. The first kappa shape index (κ1) is 16.1. The summed E-state index contributed by atoms with van der Waals surface area (Å²) in [4.78, 5) is 23.5. The molecule has 2 rings (SSSR count). The normalized spacial score (nSPS) is 11.3. The van der Waals surface area contributed by atoms with Crippen molar-refractivity contribution in [1.29, 1.82) is 0 Å². The Bertz CT molecular complexity index is 742. The van der Waals surface area contributed by atoms with Gasteiger partial charge < -0.3 is 15.5 Å². The number of carboxylic acid groups (broad SMARTS) is 1. The Labute approximate surface area is 133 Å². The van der Waals surface area contributed by atoms with Crippen LogP contribution in [0, 0.1) is 12.3 Å².